The zero-order chi connectivity index (χ0) is 12.7. The lowest BCUT2D eigenvalue weighted by Gasteiger charge is -2.19. The van der Waals surface area contributed by atoms with E-state index >= 15 is 0 Å². The molecule has 0 saturated carbocycles. The van der Waals surface area contributed by atoms with E-state index in [1.807, 2.05) is 6.07 Å². The van der Waals surface area contributed by atoms with Crippen LogP contribution in [0.15, 0.2) is 18.2 Å². The summed E-state index contributed by atoms with van der Waals surface area (Å²) in [6.07, 6.45) is 7.25. The summed E-state index contributed by atoms with van der Waals surface area (Å²) in [4.78, 5) is 0. The van der Waals surface area contributed by atoms with Crippen molar-refractivity contribution in [2.24, 2.45) is 0 Å². The summed E-state index contributed by atoms with van der Waals surface area (Å²) in [6, 6.07) is 5.61. The van der Waals surface area contributed by atoms with Crippen molar-refractivity contribution < 1.29 is 5.11 Å². The molecule has 0 aliphatic carbocycles. The number of hydrogen-bond acceptors (Lipinski definition) is 2. The maximum absolute atomic E-state index is 9.66. The van der Waals surface area contributed by atoms with Gasteiger partial charge in [-0.1, -0.05) is 51.7 Å². The molecule has 0 saturated heterocycles. The molecule has 0 aliphatic rings. The quantitative estimate of drug-likeness (QED) is 0.417. The van der Waals surface area contributed by atoms with Gasteiger partial charge in [0, 0.05) is 0 Å². The van der Waals surface area contributed by atoms with Crippen LogP contribution in [-0.2, 0) is 0 Å². The van der Waals surface area contributed by atoms with Crippen molar-refractivity contribution in [1.29, 1.82) is 0 Å². The van der Waals surface area contributed by atoms with Crippen molar-refractivity contribution in [3.05, 3.63) is 23.8 Å². The third-order valence-electron chi connectivity index (χ3n) is 3.35. The minimum absolute atomic E-state index is 0.221. The number of para-hydroxylation sites is 1. The fourth-order valence-corrected chi connectivity index (χ4v) is 2.37. The van der Waals surface area contributed by atoms with E-state index in [4.69, 9.17) is 5.73 Å². The Morgan fingerprint density at radius 1 is 1.12 bits per heavy atom. The third-order valence-corrected chi connectivity index (χ3v) is 3.35. The Morgan fingerprint density at radius 2 is 1.88 bits per heavy atom. The first kappa shape index (κ1) is 13.9. The van der Waals surface area contributed by atoms with Crippen LogP contribution in [-0.4, -0.2) is 5.11 Å². The second-order valence-corrected chi connectivity index (χ2v) is 4.76. The molecular weight excluding hydrogens is 210 g/mol. The van der Waals surface area contributed by atoms with Crippen LogP contribution in [0.5, 0.6) is 5.75 Å². The average Bonchev–Trinajstić information content (AvgIpc) is 2.32. The van der Waals surface area contributed by atoms with Gasteiger partial charge in [0.15, 0.2) is 0 Å². The molecule has 1 rings (SSSR count). The second-order valence-electron chi connectivity index (χ2n) is 4.76. The molecule has 96 valence electrons. The standard InChI is InChI=1S/C15H25NO/c1-3-5-6-9-12(8-4-2)13-10-7-11-14(17)15(13)16/h7,10-12,17H,3-6,8-9,16H2,1-2H3. The van der Waals surface area contributed by atoms with Crippen LogP contribution >= 0.6 is 0 Å². The molecule has 1 aromatic carbocycles. The minimum atomic E-state index is 0.221. The molecule has 1 atom stereocenters. The number of phenolic OH excluding ortho intramolecular Hbond substituents is 1. The summed E-state index contributed by atoms with van der Waals surface area (Å²) in [6.45, 7) is 4.42. The van der Waals surface area contributed by atoms with Crippen LogP contribution in [0.1, 0.15) is 63.9 Å². The zero-order valence-corrected chi connectivity index (χ0v) is 11.1. The molecule has 0 aromatic heterocycles. The monoisotopic (exact) mass is 235 g/mol. The molecule has 0 radical (unpaired) electrons. The van der Waals surface area contributed by atoms with E-state index in [1.54, 1.807) is 6.07 Å². The fraction of sp³-hybridized carbons (Fsp3) is 0.600. The Hall–Kier alpha value is -1.18. The van der Waals surface area contributed by atoms with Crippen molar-refractivity contribution in [2.45, 2.75) is 58.3 Å². The number of nitrogen functional groups attached to an aromatic ring is 1. The lowest BCUT2D eigenvalue weighted by atomic mass is 9.88. The highest BCUT2D eigenvalue weighted by atomic mass is 16.3. The van der Waals surface area contributed by atoms with E-state index in [2.05, 4.69) is 19.9 Å². The van der Waals surface area contributed by atoms with E-state index < -0.39 is 0 Å². The van der Waals surface area contributed by atoms with Gasteiger partial charge in [0.25, 0.3) is 0 Å². The van der Waals surface area contributed by atoms with Crippen LogP contribution < -0.4 is 5.73 Å². The van der Waals surface area contributed by atoms with Crippen LogP contribution in [0.3, 0.4) is 0 Å². The summed E-state index contributed by atoms with van der Waals surface area (Å²) < 4.78 is 0. The van der Waals surface area contributed by atoms with Gasteiger partial charge in [-0.25, -0.2) is 0 Å². The van der Waals surface area contributed by atoms with E-state index in [1.165, 1.54) is 25.7 Å². The van der Waals surface area contributed by atoms with Gasteiger partial charge in [-0.3, -0.25) is 0 Å². The number of aromatic hydroxyl groups is 1. The minimum Gasteiger partial charge on any atom is -0.506 e. The Labute approximate surface area is 105 Å². The van der Waals surface area contributed by atoms with Gasteiger partial charge >= 0.3 is 0 Å². The second kappa shape index (κ2) is 7.21. The summed E-state index contributed by atoms with van der Waals surface area (Å²) in [5, 5.41) is 9.66. The molecule has 0 fully saturated rings. The first-order valence-electron chi connectivity index (χ1n) is 6.78. The molecule has 1 unspecified atom stereocenters. The van der Waals surface area contributed by atoms with Gasteiger partial charge in [0.2, 0.25) is 0 Å². The molecule has 17 heavy (non-hydrogen) atoms. The Kier molecular flexibility index (Phi) is 5.88. The van der Waals surface area contributed by atoms with Gasteiger partial charge in [-0.05, 0) is 30.4 Å². The first-order valence-corrected chi connectivity index (χ1v) is 6.78. The molecule has 0 spiro atoms. The van der Waals surface area contributed by atoms with E-state index in [0.717, 1.165) is 18.4 Å². The zero-order valence-electron chi connectivity index (χ0n) is 11.1. The molecule has 0 bridgehead atoms. The molecule has 2 nitrogen and oxygen atoms in total. The largest absolute Gasteiger partial charge is 0.506 e. The number of hydrogen-bond donors (Lipinski definition) is 2. The van der Waals surface area contributed by atoms with Crippen LogP contribution in [0.4, 0.5) is 5.69 Å². The number of unbranched alkanes of at least 4 members (excludes halogenated alkanes) is 2. The molecular formula is C15H25NO. The molecule has 2 heteroatoms. The first-order chi connectivity index (χ1) is 8.20. The Morgan fingerprint density at radius 3 is 2.53 bits per heavy atom. The molecule has 3 N–H and O–H groups in total. The lowest BCUT2D eigenvalue weighted by Crippen LogP contribution is -2.03. The van der Waals surface area contributed by atoms with Gasteiger partial charge in [0.05, 0.1) is 5.69 Å². The molecule has 0 heterocycles. The molecule has 1 aromatic rings. The van der Waals surface area contributed by atoms with Crippen molar-refractivity contribution in [3.8, 4) is 5.75 Å². The van der Waals surface area contributed by atoms with Gasteiger partial charge in [-0.15, -0.1) is 0 Å². The van der Waals surface area contributed by atoms with Crippen LogP contribution in [0.25, 0.3) is 0 Å². The lowest BCUT2D eigenvalue weighted by molar-refractivity contribution is 0.474. The number of phenols is 1. The maximum Gasteiger partial charge on any atom is 0.138 e. The molecule has 0 aliphatic heterocycles. The summed E-state index contributed by atoms with van der Waals surface area (Å²) in [5.74, 6) is 0.720. The topological polar surface area (TPSA) is 46.2 Å². The van der Waals surface area contributed by atoms with E-state index in [9.17, 15) is 5.11 Å². The number of nitrogens with two attached hydrogens (primary N) is 1. The highest BCUT2D eigenvalue weighted by Crippen LogP contribution is 2.35. The number of benzene rings is 1. The van der Waals surface area contributed by atoms with Crippen LogP contribution in [0, 0.1) is 0 Å². The predicted octanol–water partition coefficient (Wildman–Crippen LogP) is 4.44. The predicted molar refractivity (Wildman–Crippen MR) is 74.3 cm³/mol. The van der Waals surface area contributed by atoms with E-state index in [0.29, 0.717) is 11.6 Å². The highest BCUT2D eigenvalue weighted by molar-refractivity contribution is 5.58. The summed E-state index contributed by atoms with van der Waals surface area (Å²) in [7, 11) is 0. The van der Waals surface area contributed by atoms with Crippen molar-refractivity contribution >= 4 is 5.69 Å². The third kappa shape index (κ3) is 3.95. The number of anilines is 1. The SMILES string of the molecule is CCCCCC(CCC)c1cccc(O)c1N. The fourth-order valence-electron chi connectivity index (χ4n) is 2.37. The highest BCUT2D eigenvalue weighted by Gasteiger charge is 2.14. The number of rotatable bonds is 7. The summed E-state index contributed by atoms with van der Waals surface area (Å²) in [5.41, 5.74) is 7.67. The average molecular weight is 235 g/mol. The van der Waals surface area contributed by atoms with Crippen molar-refractivity contribution in [3.63, 3.8) is 0 Å². The van der Waals surface area contributed by atoms with Crippen LogP contribution in [0.2, 0.25) is 0 Å². The van der Waals surface area contributed by atoms with Crippen molar-refractivity contribution in [1.82, 2.24) is 0 Å². The Balaban J connectivity index is 2.77. The normalized spacial score (nSPS) is 12.6. The molecule has 0 amide bonds. The van der Waals surface area contributed by atoms with E-state index in [-0.39, 0.29) is 5.75 Å². The summed E-state index contributed by atoms with van der Waals surface area (Å²) >= 11 is 0. The maximum atomic E-state index is 9.66. The van der Waals surface area contributed by atoms with Gasteiger partial charge in [0.1, 0.15) is 5.75 Å². The van der Waals surface area contributed by atoms with Gasteiger partial charge in [-0.2, -0.15) is 0 Å². The Bertz CT molecular complexity index is 336. The van der Waals surface area contributed by atoms with Crippen molar-refractivity contribution in [2.75, 3.05) is 5.73 Å². The smallest absolute Gasteiger partial charge is 0.138 e. The van der Waals surface area contributed by atoms with Gasteiger partial charge < -0.3 is 10.8 Å².